The van der Waals surface area contributed by atoms with Gasteiger partial charge in [0.2, 0.25) is 0 Å². The first-order valence-corrected chi connectivity index (χ1v) is 5.77. The third kappa shape index (κ3) is 3.20. The molecule has 19 heavy (non-hydrogen) atoms. The lowest BCUT2D eigenvalue weighted by Gasteiger charge is -2.06. The van der Waals surface area contributed by atoms with E-state index in [1.54, 1.807) is 12.1 Å². The Hall–Kier alpha value is -2.14. The molecule has 1 aromatic carbocycles. The summed E-state index contributed by atoms with van der Waals surface area (Å²) < 4.78 is 18.2. The minimum absolute atomic E-state index is 0.0550. The Labute approximate surface area is 114 Å². The van der Waals surface area contributed by atoms with E-state index in [2.05, 4.69) is 4.98 Å². The number of aromatic nitrogens is 1. The molecule has 0 aliphatic rings. The molecule has 0 atom stereocenters. The SMILES string of the molecule is Nc1ccc(C(=O)OCc2cccc(F)c2Cl)nc1. The number of ether oxygens (including phenoxy) is 1. The van der Waals surface area contributed by atoms with E-state index in [0.717, 1.165) is 0 Å². The van der Waals surface area contributed by atoms with Crippen LogP contribution in [-0.4, -0.2) is 11.0 Å². The van der Waals surface area contributed by atoms with Gasteiger partial charge >= 0.3 is 5.97 Å². The lowest BCUT2D eigenvalue weighted by atomic mass is 10.2. The molecule has 0 bridgehead atoms. The summed E-state index contributed by atoms with van der Waals surface area (Å²) in [5.41, 5.74) is 6.42. The molecular weight excluding hydrogens is 271 g/mol. The highest BCUT2D eigenvalue weighted by Crippen LogP contribution is 2.20. The molecule has 2 N–H and O–H groups in total. The summed E-state index contributed by atoms with van der Waals surface area (Å²) in [5, 5.41) is -0.0550. The smallest absolute Gasteiger partial charge is 0.357 e. The first-order valence-electron chi connectivity index (χ1n) is 5.39. The van der Waals surface area contributed by atoms with Gasteiger partial charge in [-0.25, -0.2) is 14.2 Å². The number of nitrogens with two attached hydrogens (primary N) is 1. The van der Waals surface area contributed by atoms with Gasteiger partial charge in [0.1, 0.15) is 18.1 Å². The first kappa shape index (κ1) is 13.3. The molecular formula is C13H10ClFN2O2. The fourth-order valence-corrected chi connectivity index (χ4v) is 1.58. The summed E-state index contributed by atoms with van der Waals surface area (Å²) in [6.45, 7) is -0.124. The minimum atomic E-state index is -0.625. The summed E-state index contributed by atoms with van der Waals surface area (Å²) in [6, 6.07) is 7.29. The van der Waals surface area contributed by atoms with Gasteiger partial charge in [0, 0.05) is 5.56 Å². The number of anilines is 1. The highest BCUT2D eigenvalue weighted by atomic mass is 35.5. The number of benzene rings is 1. The summed E-state index contributed by atoms with van der Waals surface area (Å²) in [4.78, 5) is 15.5. The van der Waals surface area contributed by atoms with Crippen molar-refractivity contribution < 1.29 is 13.9 Å². The number of hydrogen-bond donors (Lipinski definition) is 1. The van der Waals surface area contributed by atoms with Crippen molar-refractivity contribution in [2.75, 3.05) is 5.73 Å². The molecule has 4 nitrogen and oxygen atoms in total. The molecule has 0 radical (unpaired) electrons. The average molecular weight is 281 g/mol. The maximum absolute atomic E-state index is 13.2. The zero-order chi connectivity index (χ0) is 13.8. The Bertz CT molecular complexity index is 602. The van der Waals surface area contributed by atoms with E-state index < -0.39 is 11.8 Å². The molecule has 0 amide bonds. The highest BCUT2D eigenvalue weighted by Gasteiger charge is 2.11. The second-order valence-electron chi connectivity index (χ2n) is 3.77. The predicted octanol–water partition coefficient (Wildman–Crippen LogP) is 2.81. The van der Waals surface area contributed by atoms with Crippen LogP contribution in [0.2, 0.25) is 5.02 Å². The second kappa shape index (κ2) is 5.67. The maximum atomic E-state index is 13.2. The molecule has 2 aromatic rings. The molecule has 0 saturated heterocycles. The van der Waals surface area contributed by atoms with Gasteiger partial charge in [0.15, 0.2) is 0 Å². The number of esters is 1. The normalized spacial score (nSPS) is 10.2. The van der Waals surface area contributed by atoms with E-state index in [1.165, 1.54) is 24.4 Å². The van der Waals surface area contributed by atoms with Gasteiger partial charge in [-0.05, 0) is 18.2 Å². The fourth-order valence-electron chi connectivity index (χ4n) is 1.40. The quantitative estimate of drug-likeness (QED) is 0.878. The van der Waals surface area contributed by atoms with Crippen LogP contribution in [0, 0.1) is 5.82 Å². The number of pyridine rings is 1. The van der Waals surface area contributed by atoms with Crippen LogP contribution in [0.5, 0.6) is 0 Å². The lowest BCUT2D eigenvalue weighted by Crippen LogP contribution is -2.08. The monoisotopic (exact) mass is 280 g/mol. The van der Waals surface area contributed by atoms with Crippen LogP contribution in [-0.2, 0) is 11.3 Å². The predicted molar refractivity (Wildman–Crippen MR) is 69.2 cm³/mol. The Kier molecular flexibility index (Phi) is 3.97. The standard InChI is InChI=1S/C13H10ClFN2O2/c14-12-8(2-1-3-10(12)15)7-19-13(18)11-5-4-9(16)6-17-11/h1-6H,7,16H2. The Morgan fingerprint density at radius 2 is 2.16 bits per heavy atom. The van der Waals surface area contributed by atoms with Gasteiger partial charge in [-0.3, -0.25) is 0 Å². The van der Waals surface area contributed by atoms with Crippen LogP contribution >= 0.6 is 11.6 Å². The molecule has 0 unspecified atom stereocenters. The van der Waals surface area contributed by atoms with Crippen molar-refractivity contribution >= 4 is 23.3 Å². The van der Waals surface area contributed by atoms with Gasteiger partial charge < -0.3 is 10.5 Å². The molecule has 2 rings (SSSR count). The number of carbonyl (C=O) groups excluding carboxylic acids is 1. The molecule has 0 saturated carbocycles. The molecule has 0 spiro atoms. The second-order valence-corrected chi connectivity index (χ2v) is 4.14. The highest BCUT2D eigenvalue weighted by molar-refractivity contribution is 6.31. The third-order valence-electron chi connectivity index (χ3n) is 2.39. The Morgan fingerprint density at radius 1 is 1.37 bits per heavy atom. The van der Waals surface area contributed by atoms with E-state index in [0.29, 0.717) is 11.3 Å². The van der Waals surface area contributed by atoms with E-state index in [-0.39, 0.29) is 17.3 Å². The van der Waals surface area contributed by atoms with Gasteiger partial charge in [-0.2, -0.15) is 0 Å². The zero-order valence-corrected chi connectivity index (χ0v) is 10.5. The number of rotatable bonds is 3. The molecule has 0 aliphatic heterocycles. The van der Waals surface area contributed by atoms with E-state index >= 15 is 0 Å². The van der Waals surface area contributed by atoms with Crippen molar-refractivity contribution in [1.82, 2.24) is 4.98 Å². The number of nitrogen functional groups attached to an aromatic ring is 1. The summed E-state index contributed by atoms with van der Waals surface area (Å²) in [6.07, 6.45) is 1.35. The summed E-state index contributed by atoms with van der Waals surface area (Å²) in [5.74, 6) is -1.18. The number of nitrogens with zero attached hydrogens (tertiary/aromatic N) is 1. The van der Waals surface area contributed by atoms with E-state index in [1.807, 2.05) is 0 Å². The number of hydrogen-bond acceptors (Lipinski definition) is 4. The van der Waals surface area contributed by atoms with Crippen molar-refractivity contribution in [1.29, 1.82) is 0 Å². The fraction of sp³-hybridized carbons (Fsp3) is 0.0769. The topological polar surface area (TPSA) is 65.2 Å². The lowest BCUT2D eigenvalue weighted by molar-refractivity contribution is 0.0465. The number of halogens is 2. The minimum Gasteiger partial charge on any atom is -0.456 e. The molecule has 6 heteroatoms. The molecule has 1 aromatic heterocycles. The average Bonchev–Trinajstić information content (AvgIpc) is 2.41. The van der Waals surface area contributed by atoms with Crippen LogP contribution < -0.4 is 5.73 Å². The van der Waals surface area contributed by atoms with Crippen LogP contribution in [0.1, 0.15) is 16.1 Å². The van der Waals surface area contributed by atoms with Crippen LogP contribution in [0.3, 0.4) is 0 Å². The zero-order valence-electron chi connectivity index (χ0n) is 9.77. The van der Waals surface area contributed by atoms with E-state index in [9.17, 15) is 9.18 Å². The Morgan fingerprint density at radius 3 is 2.84 bits per heavy atom. The van der Waals surface area contributed by atoms with Gasteiger partial charge in [0.25, 0.3) is 0 Å². The van der Waals surface area contributed by atoms with Crippen LogP contribution in [0.4, 0.5) is 10.1 Å². The first-order chi connectivity index (χ1) is 9.08. The maximum Gasteiger partial charge on any atom is 0.357 e. The largest absolute Gasteiger partial charge is 0.456 e. The van der Waals surface area contributed by atoms with Crippen molar-refractivity contribution in [3.8, 4) is 0 Å². The van der Waals surface area contributed by atoms with Crippen molar-refractivity contribution in [2.45, 2.75) is 6.61 Å². The summed E-state index contributed by atoms with van der Waals surface area (Å²) in [7, 11) is 0. The van der Waals surface area contributed by atoms with Crippen LogP contribution in [0.15, 0.2) is 36.5 Å². The number of carbonyl (C=O) groups is 1. The third-order valence-corrected chi connectivity index (χ3v) is 2.81. The Balaban J connectivity index is 2.04. The molecule has 0 fully saturated rings. The summed E-state index contributed by atoms with van der Waals surface area (Å²) >= 11 is 5.75. The van der Waals surface area contributed by atoms with Crippen LogP contribution in [0.25, 0.3) is 0 Å². The van der Waals surface area contributed by atoms with Gasteiger partial charge in [-0.1, -0.05) is 23.7 Å². The molecule has 0 aliphatic carbocycles. The van der Waals surface area contributed by atoms with Crippen molar-refractivity contribution in [3.63, 3.8) is 0 Å². The van der Waals surface area contributed by atoms with E-state index in [4.69, 9.17) is 22.1 Å². The van der Waals surface area contributed by atoms with Gasteiger partial charge in [0.05, 0.1) is 16.9 Å². The van der Waals surface area contributed by atoms with Gasteiger partial charge in [-0.15, -0.1) is 0 Å². The molecule has 1 heterocycles. The molecule has 98 valence electrons. The van der Waals surface area contributed by atoms with Crippen molar-refractivity contribution in [2.24, 2.45) is 0 Å². The van der Waals surface area contributed by atoms with Crippen molar-refractivity contribution in [3.05, 3.63) is 58.6 Å².